The highest BCUT2D eigenvalue weighted by atomic mass is 16.3. The van der Waals surface area contributed by atoms with Gasteiger partial charge in [0.05, 0.1) is 12.1 Å². The van der Waals surface area contributed by atoms with Gasteiger partial charge in [0.2, 0.25) is 0 Å². The summed E-state index contributed by atoms with van der Waals surface area (Å²) in [6.07, 6.45) is -0.122. The highest BCUT2D eigenvalue weighted by Crippen LogP contribution is 2.25. The van der Waals surface area contributed by atoms with Gasteiger partial charge in [-0.2, -0.15) is 0 Å². The molecule has 1 unspecified atom stereocenters. The molecule has 0 aromatic carbocycles. The molecule has 0 saturated carbocycles. The number of likely N-dealkylation sites (tertiary alicyclic amines) is 1. The summed E-state index contributed by atoms with van der Waals surface area (Å²) < 4.78 is 0. The number of aliphatic hydroxyl groups excluding tert-OH is 1. The molecule has 1 saturated heterocycles. The largest absolute Gasteiger partial charge is 0.387 e. The van der Waals surface area contributed by atoms with Crippen molar-refractivity contribution in [2.45, 2.75) is 53.2 Å². The van der Waals surface area contributed by atoms with E-state index in [-0.39, 0.29) is 11.6 Å². The maximum absolute atomic E-state index is 10.2. The van der Waals surface area contributed by atoms with E-state index in [0.717, 1.165) is 6.54 Å². The predicted octanol–water partition coefficient (Wildman–Crippen LogP) is 0.953. The van der Waals surface area contributed by atoms with Crippen LogP contribution in [-0.2, 0) is 0 Å². The summed E-state index contributed by atoms with van der Waals surface area (Å²) in [5.41, 5.74) is 0.261. The van der Waals surface area contributed by atoms with Crippen molar-refractivity contribution in [3.05, 3.63) is 0 Å². The molecule has 0 aromatic heterocycles. The van der Waals surface area contributed by atoms with Gasteiger partial charge in [-0.15, -0.1) is 0 Å². The van der Waals surface area contributed by atoms with Gasteiger partial charge in [-0.05, 0) is 26.7 Å². The van der Waals surface area contributed by atoms with Gasteiger partial charge in [0.1, 0.15) is 12.6 Å². The average molecular weight is 214 g/mol. The Kier molecular flexibility index (Phi) is 3.83. The van der Waals surface area contributed by atoms with Crippen molar-refractivity contribution in [3.8, 4) is 0 Å². The monoisotopic (exact) mass is 214 g/mol. The van der Waals surface area contributed by atoms with Crippen molar-refractivity contribution in [2.75, 3.05) is 13.1 Å². The number of piperidine rings is 1. The van der Waals surface area contributed by atoms with Crippen molar-refractivity contribution in [1.29, 1.82) is 0 Å². The predicted molar refractivity (Wildman–Crippen MR) is 63.9 cm³/mol. The van der Waals surface area contributed by atoms with Gasteiger partial charge in [-0.1, -0.05) is 20.8 Å². The van der Waals surface area contributed by atoms with Gasteiger partial charge in [-0.25, -0.2) is 0 Å². The van der Waals surface area contributed by atoms with Gasteiger partial charge in [-0.3, -0.25) is 0 Å². The summed E-state index contributed by atoms with van der Waals surface area (Å²) in [7, 11) is 0. The van der Waals surface area contributed by atoms with Gasteiger partial charge in [0, 0.05) is 11.8 Å². The molecule has 0 amide bonds. The summed E-state index contributed by atoms with van der Waals surface area (Å²) in [6, 6.07) is 0. The van der Waals surface area contributed by atoms with E-state index in [1.54, 1.807) is 4.90 Å². The standard InChI is InChI=1S/C13H27NO/c1-9(2)12-10(3)7-14(8-11(12)15)13(4,5)6/h9-12,15H,7-8H2,1-6H3/p+1/t10-,11+,12+/m1/s1. The van der Waals surface area contributed by atoms with E-state index in [9.17, 15) is 5.11 Å². The molecule has 15 heavy (non-hydrogen) atoms. The average Bonchev–Trinajstić information content (AvgIpc) is 1.99. The Balaban J connectivity index is 2.71. The van der Waals surface area contributed by atoms with Crippen LogP contribution in [0.25, 0.3) is 0 Å². The Labute approximate surface area is 94.7 Å². The van der Waals surface area contributed by atoms with Crippen molar-refractivity contribution in [2.24, 2.45) is 17.8 Å². The zero-order chi connectivity index (χ0) is 11.8. The van der Waals surface area contributed by atoms with Crippen LogP contribution in [0.3, 0.4) is 0 Å². The van der Waals surface area contributed by atoms with Crippen LogP contribution in [-0.4, -0.2) is 29.8 Å². The zero-order valence-electron chi connectivity index (χ0n) is 11.2. The summed E-state index contributed by atoms with van der Waals surface area (Å²) in [5.74, 6) is 1.70. The van der Waals surface area contributed by atoms with Crippen LogP contribution in [0, 0.1) is 17.8 Å². The van der Waals surface area contributed by atoms with E-state index in [0.29, 0.717) is 17.8 Å². The topological polar surface area (TPSA) is 24.7 Å². The fraction of sp³-hybridized carbons (Fsp3) is 1.00. The quantitative estimate of drug-likeness (QED) is 0.667. The molecule has 1 heterocycles. The van der Waals surface area contributed by atoms with Crippen molar-refractivity contribution >= 4 is 0 Å². The van der Waals surface area contributed by atoms with E-state index in [4.69, 9.17) is 0 Å². The van der Waals surface area contributed by atoms with Crippen LogP contribution in [0.2, 0.25) is 0 Å². The first-order chi connectivity index (χ1) is 6.73. The highest BCUT2D eigenvalue weighted by Gasteiger charge is 2.41. The molecule has 0 aromatic rings. The van der Waals surface area contributed by atoms with Crippen molar-refractivity contribution < 1.29 is 10.0 Å². The Morgan fingerprint density at radius 3 is 2.07 bits per heavy atom. The van der Waals surface area contributed by atoms with E-state index < -0.39 is 0 Å². The number of hydrogen-bond acceptors (Lipinski definition) is 1. The minimum Gasteiger partial charge on any atom is -0.387 e. The molecular weight excluding hydrogens is 186 g/mol. The minimum absolute atomic E-state index is 0.122. The van der Waals surface area contributed by atoms with Crippen LogP contribution in [0.1, 0.15) is 41.5 Å². The Bertz CT molecular complexity index is 195. The maximum Gasteiger partial charge on any atom is 0.106 e. The van der Waals surface area contributed by atoms with Crippen molar-refractivity contribution in [1.82, 2.24) is 0 Å². The molecule has 0 bridgehead atoms. The Morgan fingerprint density at radius 2 is 1.73 bits per heavy atom. The summed E-state index contributed by atoms with van der Waals surface area (Å²) in [4.78, 5) is 1.54. The Hall–Kier alpha value is -0.0800. The van der Waals surface area contributed by atoms with Crippen LogP contribution >= 0.6 is 0 Å². The third-order valence-electron chi connectivity index (χ3n) is 3.96. The third kappa shape index (κ3) is 2.94. The van der Waals surface area contributed by atoms with Gasteiger partial charge < -0.3 is 10.0 Å². The van der Waals surface area contributed by atoms with E-state index in [2.05, 4.69) is 41.5 Å². The molecule has 2 heteroatoms. The lowest BCUT2D eigenvalue weighted by atomic mass is 9.76. The normalized spacial score (nSPS) is 38.4. The third-order valence-corrected chi connectivity index (χ3v) is 3.96. The number of aliphatic hydroxyl groups is 1. The summed E-state index contributed by atoms with van der Waals surface area (Å²) in [6.45, 7) is 15.6. The molecule has 2 nitrogen and oxygen atoms in total. The van der Waals surface area contributed by atoms with Crippen LogP contribution in [0.5, 0.6) is 0 Å². The number of hydrogen-bond donors (Lipinski definition) is 2. The zero-order valence-corrected chi connectivity index (χ0v) is 11.2. The molecule has 1 fully saturated rings. The first kappa shape index (κ1) is 13.0. The molecule has 1 aliphatic heterocycles. The number of quaternary nitrogens is 1. The lowest BCUT2D eigenvalue weighted by Gasteiger charge is -2.44. The highest BCUT2D eigenvalue weighted by molar-refractivity contribution is 4.80. The fourth-order valence-electron chi connectivity index (χ4n) is 3.09. The second kappa shape index (κ2) is 4.42. The molecule has 0 aliphatic carbocycles. The van der Waals surface area contributed by atoms with Crippen LogP contribution < -0.4 is 4.90 Å². The molecule has 0 radical (unpaired) electrons. The van der Waals surface area contributed by atoms with E-state index in [1.165, 1.54) is 6.54 Å². The molecule has 0 spiro atoms. The van der Waals surface area contributed by atoms with Gasteiger partial charge >= 0.3 is 0 Å². The fourth-order valence-corrected chi connectivity index (χ4v) is 3.09. The lowest BCUT2D eigenvalue weighted by molar-refractivity contribution is -0.958. The molecule has 90 valence electrons. The molecule has 1 rings (SSSR count). The van der Waals surface area contributed by atoms with Gasteiger partial charge in [0.25, 0.3) is 0 Å². The SMILES string of the molecule is CC(C)[C@H]1[C@H](C)C[NH+](C(C)(C)C)C[C@@H]1O. The van der Waals surface area contributed by atoms with Crippen LogP contribution in [0.4, 0.5) is 0 Å². The first-order valence-corrected chi connectivity index (χ1v) is 6.26. The first-order valence-electron chi connectivity index (χ1n) is 6.26. The minimum atomic E-state index is -0.122. The molecule has 2 N–H and O–H groups in total. The summed E-state index contributed by atoms with van der Waals surface area (Å²) in [5, 5.41) is 10.2. The molecule has 4 atom stereocenters. The van der Waals surface area contributed by atoms with Gasteiger partial charge in [0.15, 0.2) is 0 Å². The number of nitrogens with one attached hydrogen (secondary N) is 1. The Morgan fingerprint density at radius 1 is 1.20 bits per heavy atom. The maximum atomic E-state index is 10.2. The van der Waals surface area contributed by atoms with E-state index in [1.807, 2.05) is 0 Å². The molecular formula is C13H28NO+. The number of rotatable bonds is 1. The molecule has 1 aliphatic rings. The smallest absolute Gasteiger partial charge is 0.106 e. The van der Waals surface area contributed by atoms with Crippen molar-refractivity contribution in [3.63, 3.8) is 0 Å². The van der Waals surface area contributed by atoms with Crippen LogP contribution in [0.15, 0.2) is 0 Å². The second-order valence-electron chi connectivity index (χ2n) is 6.63. The van der Waals surface area contributed by atoms with E-state index >= 15 is 0 Å². The lowest BCUT2D eigenvalue weighted by Crippen LogP contribution is -3.21. The summed E-state index contributed by atoms with van der Waals surface area (Å²) >= 11 is 0. The second-order valence-corrected chi connectivity index (χ2v) is 6.63.